The fourth-order valence-corrected chi connectivity index (χ4v) is 4.94. The van der Waals surface area contributed by atoms with E-state index in [1.54, 1.807) is 18.3 Å². The van der Waals surface area contributed by atoms with Gasteiger partial charge < -0.3 is 0 Å². The minimum Gasteiger partial charge on any atom is -0.297 e. The molecule has 31 heavy (non-hydrogen) atoms. The van der Waals surface area contributed by atoms with Crippen LogP contribution >= 0.6 is 12.2 Å². The van der Waals surface area contributed by atoms with Gasteiger partial charge in [-0.25, -0.2) is 9.07 Å². The predicted molar refractivity (Wildman–Crippen MR) is 121 cm³/mol. The molecule has 0 spiro atoms. The van der Waals surface area contributed by atoms with Gasteiger partial charge in [0.15, 0.2) is 10.6 Å². The molecule has 0 atom stereocenters. The molecule has 162 valence electrons. The van der Waals surface area contributed by atoms with E-state index >= 15 is 0 Å². The topological polar surface area (TPSA) is 38.9 Å². The molecule has 1 aromatic carbocycles. The summed E-state index contributed by atoms with van der Waals surface area (Å²) in [5.41, 5.74) is 2.12. The van der Waals surface area contributed by atoms with Crippen molar-refractivity contribution in [2.45, 2.75) is 70.2 Å². The number of pyridine rings is 1. The average molecular weight is 438 g/mol. The second-order valence-electron chi connectivity index (χ2n) is 8.76. The molecule has 0 aliphatic heterocycles. The molecule has 2 fully saturated rings. The molecule has 0 amide bonds. The van der Waals surface area contributed by atoms with Gasteiger partial charge in [0.2, 0.25) is 0 Å². The SMILES string of the molecule is Fc1ccc(CN(Cn2nc(-c3cccnc3)n(C3CC3)c2=S)C2CCCCC2)cc1. The molecule has 7 heteroatoms. The first-order valence-electron chi connectivity index (χ1n) is 11.3. The lowest BCUT2D eigenvalue weighted by molar-refractivity contribution is 0.104. The molecule has 0 saturated heterocycles. The summed E-state index contributed by atoms with van der Waals surface area (Å²) in [7, 11) is 0. The summed E-state index contributed by atoms with van der Waals surface area (Å²) in [6, 6.07) is 11.8. The third-order valence-corrected chi connectivity index (χ3v) is 6.82. The average Bonchev–Trinajstić information content (AvgIpc) is 3.60. The summed E-state index contributed by atoms with van der Waals surface area (Å²) in [5.74, 6) is 0.713. The second kappa shape index (κ2) is 9.01. The molecule has 5 rings (SSSR count). The van der Waals surface area contributed by atoms with Gasteiger partial charge in [-0.2, -0.15) is 5.10 Å². The van der Waals surface area contributed by atoms with Gasteiger partial charge in [0.1, 0.15) is 5.82 Å². The van der Waals surface area contributed by atoms with Crippen molar-refractivity contribution in [1.29, 1.82) is 0 Å². The largest absolute Gasteiger partial charge is 0.297 e. The maximum absolute atomic E-state index is 13.4. The summed E-state index contributed by atoms with van der Waals surface area (Å²) in [4.78, 5) is 6.75. The minimum atomic E-state index is -0.195. The highest BCUT2D eigenvalue weighted by atomic mass is 32.1. The number of nitrogens with zero attached hydrogens (tertiary/aromatic N) is 5. The molecule has 0 unspecified atom stereocenters. The fourth-order valence-electron chi connectivity index (χ4n) is 4.60. The first-order valence-corrected chi connectivity index (χ1v) is 11.7. The molecule has 5 nitrogen and oxygen atoms in total. The van der Waals surface area contributed by atoms with E-state index in [0.29, 0.717) is 18.8 Å². The maximum atomic E-state index is 13.4. The van der Waals surface area contributed by atoms with Gasteiger partial charge in [-0.05, 0) is 67.7 Å². The van der Waals surface area contributed by atoms with Gasteiger partial charge in [-0.3, -0.25) is 14.5 Å². The zero-order chi connectivity index (χ0) is 21.2. The summed E-state index contributed by atoms with van der Waals surface area (Å²) in [6.45, 7) is 1.42. The Morgan fingerprint density at radius 1 is 1.03 bits per heavy atom. The molecule has 2 aliphatic rings. The van der Waals surface area contributed by atoms with Gasteiger partial charge in [-0.15, -0.1) is 0 Å². The summed E-state index contributed by atoms with van der Waals surface area (Å²) in [5, 5.41) is 4.97. The molecular formula is C24H28FN5S. The summed E-state index contributed by atoms with van der Waals surface area (Å²) < 4.78 is 18.4. The van der Waals surface area contributed by atoms with Crippen LogP contribution in [0.3, 0.4) is 0 Å². The molecule has 2 saturated carbocycles. The van der Waals surface area contributed by atoms with Gasteiger partial charge in [-0.1, -0.05) is 31.4 Å². The van der Waals surface area contributed by atoms with Gasteiger partial charge in [0, 0.05) is 36.6 Å². The van der Waals surface area contributed by atoms with Gasteiger partial charge in [0.25, 0.3) is 0 Å². The summed E-state index contributed by atoms with van der Waals surface area (Å²) >= 11 is 5.90. The van der Waals surface area contributed by atoms with E-state index in [0.717, 1.165) is 41.1 Å². The number of rotatable bonds is 7. The van der Waals surface area contributed by atoms with Crippen molar-refractivity contribution in [2.75, 3.05) is 0 Å². The number of benzene rings is 1. The van der Waals surface area contributed by atoms with Crippen molar-refractivity contribution < 1.29 is 4.39 Å². The van der Waals surface area contributed by atoms with Crippen molar-refractivity contribution >= 4 is 12.2 Å². The van der Waals surface area contributed by atoms with Crippen LogP contribution in [-0.4, -0.2) is 30.3 Å². The smallest absolute Gasteiger partial charge is 0.199 e. The third-order valence-electron chi connectivity index (χ3n) is 6.41. The third kappa shape index (κ3) is 4.62. The van der Waals surface area contributed by atoms with Gasteiger partial charge >= 0.3 is 0 Å². The van der Waals surface area contributed by atoms with E-state index in [1.165, 1.54) is 32.1 Å². The van der Waals surface area contributed by atoms with Crippen molar-refractivity contribution in [3.63, 3.8) is 0 Å². The first kappa shape index (κ1) is 20.5. The zero-order valence-electron chi connectivity index (χ0n) is 17.7. The van der Waals surface area contributed by atoms with Gasteiger partial charge in [0.05, 0.1) is 6.67 Å². The van der Waals surface area contributed by atoms with E-state index < -0.39 is 0 Å². The molecule has 0 bridgehead atoms. The highest BCUT2D eigenvalue weighted by molar-refractivity contribution is 7.71. The van der Waals surface area contributed by atoms with Crippen LogP contribution in [0.5, 0.6) is 0 Å². The quantitative estimate of drug-likeness (QED) is 0.442. The highest BCUT2D eigenvalue weighted by Gasteiger charge is 2.30. The normalized spacial score (nSPS) is 17.4. The van der Waals surface area contributed by atoms with Crippen molar-refractivity contribution in [3.05, 3.63) is 64.9 Å². The van der Waals surface area contributed by atoms with E-state index in [2.05, 4.69) is 14.5 Å². The Hall–Kier alpha value is -2.38. The Kier molecular flexibility index (Phi) is 5.96. The Balaban J connectivity index is 1.47. The summed E-state index contributed by atoms with van der Waals surface area (Å²) in [6.07, 6.45) is 12.1. The van der Waals surface area contributed by atoms with Crippen LogP contribution in [0.15, 0.2) is 48.8 Å². The molecule has 2 aliphatic carbocycles. The molecule has 0 N–H and O–H groups in total. The van der Waals surface area contributed by atoms with E-state index in [-0.39, 0.29) is 5.82 Å². The lowest BCUT2D eigenvalue weighted by Crippen LogP contribution is -2.38. The standard InChI is InChI=1S/C24H28FN5S/c25-20-10-8-18(9-11-20)16-28(21-6-2-1-3-7-21)17-29-24(31)30(22-12-13-22)23(27-29)19-5-4-14-26-15-19/h4-5,8-11,14-15,21-22H,1-3,6-7,12-13,16-17H2. The Morgan fingerprint density at radius 3 is 2.48 bits per heavy atom. The van der Waals surface area contributed by atoms with Crippen LogP contribution in [0.2, 0.25) is 0 Å². The number of aromatic nitrogens is 4. The Morgan fingerprint density at radius 2 is 1.81 bits per heavy atom. The molecule has 2 aromatic heterocycles. The lowest BCUT2D eigenvalue weighted by atomic mass is 9.94. The molecule has 2 heterocycles. The van der Waals surface area contributed by atoms with Crippen LogP contribution in [0, 0.1) is 10.6 Å². The van der Waals surface area contributed by atoms with Crippen LogP contribution in [-0.2, 0) is 13.2 Å². The Bertz CT molecular complexity index is 1070. The van der Waals surface area contributed by atoms with Crippen LogP contribution < -0.4 is 0 Å². The van der Waals surface area contributed by atoms with Crippen molar-refractivity contribution in [1.82, 2.24) is 24.2 Å². The number of hydrogen-bond donors (Lipinski definition) is 0. The second-order valence-corrected chi connectivity index (χ2v) is 9.12. The Labute approximate surface area is 187 Å². The van der Waals surface area contributed by atoms with Crippen LogP contribution in [0.25, 0.3) is 11.4 Å². The van der Waals surface area contributed by atoms with E-state index in [9.17, 15) is 4.39 Å². The maximum Gasteiger partial charge on any atom is 0.199 e. The first-order chi connectivity index (χ1) is 15.2. The number of halogens is 1. The molecular weight excluding hydrogens is 409 g/mol. The van der Waals surface area contributed by atoms with Crippen LogP contribution in [0.4, 0.5) is 4.39 Å². The molecule has 3 aromatic rings. The minimum absolute atomic E-state index is 0.195. The monoisotopic (exact) mass is 437 g/mol. The van der Waals surface area contributed by atoms with E-state index in [1.807, 2.05) is 35.1 Å². The lowest BCUT2D eigenvalue weighted by Gasteiger charge is -2.34. The van der Waals surface area contributed by atoms with Crippen LogP contribution in [0.1, 0.15) is 56.6 Å². The zero-order valence-corrected chi connectivity index (χ0v) is 18.5. The van der Waals surface area contributed by atoms with E-state index in [4.69, 9.17) is 17.3 Å². The number of hydrogen-bond acceptors (Lipinski definition) is 4. The highest BCUT2D eigenvalue weighted by Crippen LogP contribution is 2.38. The fraction of sp³-hybridized carbons (Fsp3) is 0.458. The predicted octanol–water partition coefficient (Wildman–Crippen LogP) is 5.74. The molecule has 0 radical (unpaired) electrons. The van der Waals surface area contributed by atoms with Crippen molar-refractivity contribution in [3.8, 4) is 11.4 Å². The van der Waals surface area contributed by atoms with Crippen molar-refractivity contribution in [2.24, 2.45) is 0 Å².